The van der Waals surface area contributed by atoms with Crippen molar-refractivity contribution in [2.24, 2.45) is 0 Å². The highest BCUT2D eigenvalue weighted by Crippen LogP contribution is 2.31. The van der Waals surface area contributed by atoms with E-state index in [9.17, 15) is 9.59 Å². The standard InChI is InChI=1S/C17H22N4O2S/c1-4-13-7-5-6-8-15(13)21(12(2)22)17-20-14(11-24-17)9-19-10-16(23)18-3/h5-8,11,19H,4,9-10H2,1-3H3,(H,18,23)/p+1. The second-order valence-corrected chi connectivity index (χ2v) is 6.16. The van der Waals surface area contributed by atoms with E-state index in [0.29, 0.717) is 18.2 Å². The fraction of sp³-hybridized carbons (Fsp3) is 0.353. The predicted molar refractivity (Wildman–Crippen MR) is 95.3 cm³/mol. The molecule has 0 saturated carbocycles. The van der Waals surface area contributed by atoms with E-state index in [1.807, 2.05) is 35.0 Å². The second-order valence-electron chi connectivity index (χ2n) is 5.33. The first-order valence-corrected chi connectivity index (χ1v) is 8.80. The first kappa shape index (κ1) is 18.1. The van der Waals surface area contributed by atoms with Gasteiger partial charge in [0.25, 0.3) is 5.91 Å². The van der Waals surface area contributed by atoms with Crippen molar-refractivity contribution in [3.8, 4) is 0 Å². The van der Waals surface area contributed by atoms with Crippen molar-refractivity contribution < 1.29 is 14.9 Å². The maximum atomic E-state index is 12.2. The molecule has 6 nitrogen and oxygen atoms in total. The number of hydrogen-bond acceptors (Lipinski definition) is 4. The summed E-state index contributed by atoms with van der Waals surface area (Å²) in [7, 11) is 1.62. The van der Waals surface area contributed by atoms with Gasteiger partial charge in [-0.3, -0.25) is 14.5 Å². The summed E-state index contributed by atoms with van der Waals surface area (Å²) in [6.07, 6.45) is 0.845. The number of benzene rings is 1. The Morgan fingerprint density at radius 2 is 2.08 bits per heavy atom. The van der Waals surface area contributed by atoms with Crippen molar-refractivity contribution in [3.63, 3.8) is 0 Å². The molecule has 2 amide bonds. The number of amides is 2. The third-order valence-electron chi connectivity index (χ3n) is 3.62. The summed E-state index contributed by atoms with van der Waals surface area (Å²) in [5.41, 5.74) is 2.84. The molecule has 2 aromatic rings. The minimum Gasteiger partial charge on any atom is -0.354 e. The molecule has 0 atom stereocenters. The van der Waals surface area contributed by atoms with Gasteiger partial charge in [0.1, 0.15) is 12.2 Å². The molecule has 0 spiro atoms. The maximum Gasteiger partial charge on any atom is 0.274 e. The van der Waals surface area contributed by atoms with Gasteiger partial charge in [-0.25, -0.2) is 4.98 Å². The molecule has 1 heterocycles. The zero-order valence-electron chi connectivity index (χ0n) is 14.2. The SMILES string of the molecule is CCc1ccccc1N(C(C)=O)c1nc(C[NH2+]CC(=O)NC)cs1. The monoisotopic (exact) mass is 347 g/mol. The zero-order valence-corrected chi connectivity index (χ0v) is 15.0. The van der Waals surface area contributed by atoms with E-state index < -0.39 is 0 Å². The third kappa shape index (κ3) is 4.39. The Kier molecular flexibility index (Phi) is 6.45. The number of thiazole rings is 1. The van der Waals surface area contributed by atoms with Gasteiger partial charge in [0.2, 0.25) is 5.91 Å². The Bertz CT molecular complexity index is 714. The van der Waals surface area contributed by atoms with Crippen LogP contribution in [0.5, 0.6) is 0 Å². The van der Waals surface area contributed by atoms with Crippen LogP contribution in [0.25, 0.3) is 0 Å². The van der Waals surface area contributed by atoms with Gasteiger partial charge in [-0.05, 0) is 18.1 Å². The Hall–Kier alpha value is -2.25. The van der Waals surface area contributed by atoms with E-state index in [1.54, 1.807) is 18.9 Å². The molecule has 0 aliphatic heterocycles. The van der Waals surface area contributed by atoms with Gasteiger partial charge >= 0.3 is 0 Å². The lowest BCUT2D eigenvalue weighted by atomic mass is 10.1. The molecular formula is C17H23N4O2S+. The van der Waals surface area contributed by atoms with Gasteiger partial charge in [-0.15, -0.1) is 11.3 Å². The number of para-hydroxylation sites is 1. The summed E-state index contributed by atoms with van der Waals surface area (Å²) >= 11 is 1.44. The highest BCUT2D eigenvalue weighted by molar-refractivity contribution is 7.14. The molecule has 0 bridgehead atoms. The molecule has 2 rings (SSSR count). The molecule has 0 radical (unpaired) electrons. The summed E-state index contributed by atoms with van der Waals surface area (Å²) in [5.74, 6) is -0.0844. The molecule has 0 aliphatic carbocycles. The average Bonchev–Trinajstić information content (AvgIpc) is 3.03. The van der Waals surface area contributed by atoms with Crippen molar-refractivity contribution in [3.05, 3.63) is 40.9 Å². The van der Waals surface area contributed by atoms with Crippen molar-refractivity contribution in [2.45, 2.75) is 26.8 Å². The van der Waals surface area contributed by atoms with Crippen molar-refractivity contribution in [1.82, 2.24) is 10.3 Å². The molecule has 0 unspecified atom stereocenters. The molecule has 0 saturated heterocycles. The number of hydrogen-bond donors (Lipinski definition) is 2. The van der Waals surface area contributed by atoms with Crippen LogP contribution in [0, 0.1) is 0 Å². The topological polar surface area (TPSA) is 78.9 Å². The van der Waals surface area contributed by atoms with Crippen LogP contribution in [0.15, 0.2) is 29.6 Å². The van der Waals surface area contributed by atoms with Crippen LogP contribution in [0.4, 0.5) is 10.8 Å². The molecule has 0 aliphatic rings. The van der Waals surface area contributed by atoms with E-state index in [-0.39, 0.29) is 11.8 Å². The first-order chi connectivity index (χ1) is 11.6. The lowest BCUT2D eigenvalue weighted by Gasteiger charge is -2.20. The molecule has 1 aromatic heterocycles. The minimum absolute atomic E-state index is 0.0207. The summed E-state index contributed by atoms with van der Waals surface area (Å²) in [6, 6.07) is 7.87. The highest BCUT2D eigenvalue weighted by atomic mass is 32.1. The summed E-state index contributed by atoms with van der Waals surface area (Å²) in [4.78, 5) is 29.7. The quantitative estimate of drug-likeness (QED) is 0.790. The van der Waals surface area contributed by atoms with Crippen LogP contribution in [0.3, 0.4) is 0 Å². The van der Waals surface area contributed by atoms with E-state index in [2.05, 4.69) is 17.2 Å². The summed E-state index contributed by atoms with van der Waals surface area (Å²) in [5, 5.41) is 7.06. The molecule has 24 heavy (non-hydrogen) atoms. The summed E-state index contributed by atoms with van der Waals surface area (Å²) in [6.45, 7) is 4.58. The lowest BCUT2D eigenvalue weighted by molar-refractivity contribution is -0.660. The van der Waals surface area contributed by atoms with Crippen LogP contribution in [-0.4, -0.2) is 30.4 Å². The Balaban J connectivity index is 2.18. The van der Waals surface area contributed by atoms with Crippen LogP contribution in [0.1, 0.15) is 25.1 Å². The number of anilines is 2. The Morgan fingerprint density at radius 3 is 2.75 bits per heavy atom. The van der Waals surface area contributed by atoms with Crippen molar-refractivity contribution in [1.29, 1.82) is 0 Å². The van der Waals surface area contributed by atoms with Crippen molar-refractivity contribution >= 4 is 34.0 Å². The molecule has 0 fully saturated rings. The van der Waals surface area contributed by atoms with E-state index in [4.69, 9.17) is 0 Å². The molecule has 3 N–H and O–H groups in total. The van der Waals surface area contributed by atoms with E-state index >= 15 is 0 Å². The van der Waals surface area contributed by atoms with Crippen LogP contribution < -0.4 is 15.5 Å². The van der Waals surface area contributed by atoms with Gasteiger partial charge in [0.15, 0.2) is 11.7 Å². The molecule has 1 aromatic carbocycles. The zero-order chi connectivity index (χ0) is 17.5. The number of carbonyl (C=O) groups excluding carboxylic acids is 2. The Labute approximate surface area is 145 Å². The van der Waals surface area contributed by atoms with Gasteiger partial charge in [0, 0.05) is 19.4 Å². The van der Waals surface area contributed by atoms with E-state index in [0.717, 1.165) is 23.4 Å². The number of likely N-dealkylation sites (N-methyl/N-ethyl adjacent to an activating group) is 1. The third-order valence-corrected chi connectivity index (χ3v) is 4.50. The number of nitrogens with zero attached hydrogens (tertiary/aromatic N) is 2. The smallest absolute Gasteiger partial charge is 0.274 e. The lowest BCUT2D eigenvalue weighted by Crippen LogP contribution is -2.85. The van der Waals surface area contributed by atoms with Crippen LogP contribution >= 0.6 is 11.3 Å². The van der Waals surface area contributed by atoms with E-state index in [1.165, 1.54) is 11.3 Å². The van der Waals surface area contributed by atoms with Gasteiger partial charge in [-0.2, -0.15) is 0 Å². The number of quaternary nitrogens is 1. The van der Waals surface area contributed by atoms with Gasteiger partial charge in [-0.1, -0.05) is 25.1 Å². The molecular weight excluding hydrogens is 324 g/mol. The number of nitrogens with one attached hydrogen (secondary N) is 1. The number of rotatable bonds is 7. The highest BCUT2D eigenvalue weighted by Gasteiger charge is 2.20. The number of nitrogens with two attached hydrogens (primary N) is 1. The normalized spacial score (nSPS) is 10.5. The average molecular weight is 347 g/mol. The van der Waals surface area contributed by atoms with Gasteiger partial charge in [0.05, 0.1) is 5.69 Å². The molecule has 128 valence electrons. The van der Waals surface area contributed by atoms with Gasteiger partial charge < -0.3 is 10.6 Å². The van der Waals surface area contributed by atoms with Crippen LogP contribution in [0.2, 0.25) is 0 Å². The fourth-order valence-corrected chi connectivity index (χ4v) is 3.27. The second kappa shape index (κ2) is 8.56. The number of carbonyl (C=O) groups is 2. The first-order valence-electron chi connectivity index (χ1n) is 7.92. The number of aromatic nitrogens is 1. The minimum atomic E-state index is -0.0638. The number of aryl methyl sites for hydroxylation is 1. The van der Waals surface area contributed by atoms with Crippen molar-refractivity contribution in [2.75, 3.05) is 18.5 Å². The predicted octanol–water partition coefficient (Wildman–Crippen LogP) is 1.20. The summed E-state index contributed by atoms with van der Waals surface area (Å²) < 4.78 is 0. The Morgan fingerprint density at radius 1 is 1.33 bits per heavy atom. The maximum absolute atomic E-state index is 12.2. The fourth-order valence-electron chi connectivity index (χ4n) is 2.38. The van der Waals surface area contributed by atoms with Crippen LogP contribution in [-0.2, 0) is 22.6 Å². The molecule has 7 heteroatoms. The largest absolute Gasteiger partial charge is 0.354 e.